The van der Waals surface area contributed by atoms with Crippen molar-refractivity contribution >= 4 is 5.97 Å². The fraction of sp³-hybridized carbons (Fsp3) is 0.909. The van der Waals surface area contributed by atoms with Crippen molar-refractivity contribution in [3.8, 4) is 0 Å². The molecule has 90 valence electrons. The van der Waals surface area contributed by atoms with E-state index in [9.17, 15) is 4.79 Å². The average Bonchev–Trinajstić information content (AvgIpc) is 2.16. The van der Waals surface area contributed by atoms with Crippen molar-refractivity contribution in [2.75, 3.05) is 19.7 Å². The van der Waals surface area contributed by atoms with Gasteiger partial charge in [-0.25, -0.2) is 0 Å². The summed E-state index contributed by atoms with van der Waals surface area (Å²) >= 11 is 0. The van der Waals surface area contributed by atoms with Gasteiger partial charge in [-0.1, -0.05) is 6.42 Å². The number of nitrogens with one attached hydrogen (secondary N) is 1. The molecule has 0 aliphatic heterocycles. The summed E-state index contributed by atoms with van der Waals surface area (Å²) in [5, 5.41) is 11.7. The first kappa shape index (κ1) is 14.4. The third-order valence-electron chi connectivity index (χ3n) is 2.13. The minimum absolute atomic E-state index is 0.258. The second-order valence-corrected chi connectivity index (χ2v) is 3.67. The molecular formula is C11H23NO3. The first-order valence-corrected chi connectivity index (χ1v) is 5.71. The summed E-state index contributed by atoms with van der Waals surface area (Å²) in [4.78, 5) is 10.2. The zero-order valence-electron chi connectivity index (χ0n) is 9.79. The van der Waals surface area contributed by atoms with Gasteiger partial charge in [0.05, 0.1) is 6.10 Å². The lowest BCUT2D eigenvalue weighted by atomic mass is 10.2. The van der Waals surface area contributed by atoms with Crippen LogP contribution in [0.1, 0.15) is 39.5 Å². The van der Waals surface area contributed by atoms with Crippen molar-refractivity contribution in [1.29, 1.82) is 0 Å². The second kappa shape index (κ2) is 9.93. The Bertz CT molecular complexity index is 162. The number of carboxylic acid groups (broad SMARTS) is 1. The van der Waals surface area contributed by atoms with Gasteiger partial charge >= 0.3 is 5.97 Å². The van der Waals surface area contributed by atoms with Crippen LogP contribution >= 0.6 is 0 Å². The molecule has 0 fully saturated rings. The van der Waals surface area contributed by atoms with Crippen molar-refractivity contribution in [2.45, 2.75) is 45.6 Å². The lowest BCUT2D eigenvalue weighted by Gasteiger charge is -2.12. The molecule has 15 heavy (non-hydrogen) atoms. The van der Waals surface area contributed by atoms with Crippen molar-refractivity contribution in [3.05, 3.63) is 0 Å². The van der Waals surface area contributed by atoms with Gasteiger partial charge in [-0.2, -0.15) is 0 Å². The Morgan fingerprint density at radius 1 is 1.40 bits per heavy atom. The Labute approximate surface area is 92.0 Å². The number of rotatable bonds is 10. The van der Waals surface area contributed by atoms with Gasteiger partial charge in [-0.15, -0.1) is 0 Å². The van der Waals surface area contributed by atoms with E-state index in [1.54, 1.807) is 0 Å². The summed E-state index contributed by atoms with van der Waals surface area (Å²) in [6.07, 6.45) is 3.33. The number of carboxylic acids is 1. The van der Waals surface area contributed by atoms with Gasteiger partial charge in [0.2, 0.25) is 0 Å². The van der Waals surface area contributed by atoms with Crippen LogP contribution in [0.4, 0.5) is 0 Å². The quantitative estimate of drug-likeness (QED) is 0.546. The largest absolute Gasteiger partial charge is 0.481 e. The molecule has 0 aromatic heterocycles. The van der Waals surface area contributed by atoms with Crippen molar-refractivity contribution in [1.82, 2.24) is 5.32 Å². The molecule has 4 heteroatoms. The number of unbranched alkanes of at least 4 members (excludes halogenated alkanes) is 2. The maximum Gasteiger partial charge on any atom is 0.303 e. The summed E-state index contributed by atoms with van der Waals surface area (Å²) in [5.74, 6) is -0.701. The molecule has 0 amide bonds. The van der Waals surface area contributed by atoms with E-state index in [2.05, 4.69) is 5.32 Å². The zero-order valence-corrected chi connectivity index (χ0v) is 9.79. The van der Waals surface area contributed by atoms with E-state index >= 15 is 0 Å². The maximum absolute atomic E-state index is 10.2. The highest BCUT2D eigenvalue weighted by Gasteiger charge is 1.99. The molecule has 0 saturated heterocycles. The molecule has 0 rings (SSSR count). The fourth-order valence-electron chi connectivity index (χ4n) is 1.35. The highest BCUT2D eigenvalue weighted by molar-refractivity contribution is 5.66. The molecule has 0 aromatic rings. The van der Waals surface area contributed by atoms with Gasteiger partial charge < -0.3 is 15.2 Å². The van der Waals surface area contributed by atoms with E-state index in [0.29, 0.717) is 0 Å². The van der Waals surface area contributed by atoms with Crippen LogP contribution in [0.3, 0.4) is 0 Å². The van der Waals surface area contributed by atoms with Crippen LogP contribution in [0.15, 0.2) is 0 Å². The number of hydrogen-bond donors (Lipinski definition) is 2. The summed E-state index contributed by atoms with van der Waals surface area (Å²) in [7, 11) is 0. The highest BCUT2D eigenvalue weighted by atomic mass is 16.5. The number of aliphatic carboxylic acids is 1. The predicted molar refractivity (Wildman–Crippen MR) is 60.1 cm³/mol. The molecule has 0 spiro atoms. The van der Waals surface area contributed by atoms with Crippen molar-refractivity contribution < 1.29 is 14.6 Å². The standard InChI is InChI=1S/C11H23NO3/c1-3-15-10(2)9-12-8-6-4-5-7-11(13)14/h10,12H,3-9H2,1-2H3,(H,13,14). The highest BCUT2D eigenvalue weighted by Crippen LogP contribution is 1.98. The van der Waals surface area contributed by atoms with E-state index in [1.165, 1.54) is 0 Å². The molecular weight excluding hydrogens is 194 g/mol. The number of ether oxygens (including phenoxy) is 1. The van der Waals surface area contributed by atoms with E-state index in [0.717, 1.165) is 39.0 Å². The molecule has 1 atom stereocenters. The van der Waals surface area contributed by atoms with Crippen molar-refractivity contribution in [3.63, 3.8) is 0 Å². The van der Waals surface area contributed by atoms with Gasteiger partial charge in [0, 0.05) is 19.6 Å². The smallest absolute Gasteiger partial charge is 0.303 e. The third kappa shape index (κ3) is 11.3. The average molecular weight is 217 g/mol. The summed E-state index contributed by atoms with van der Waals surface area (Å²) in [6, 6.07) is 0. The molecule has 0 aliphatic carbocycles. The lowest BCUT2D eigenvalue weighted by molar-refractivity contribution is -0.137. The first-order chi connectivity index (χ1) is 7.16. The molecule has 0 radical (unpaired) electrons. The van der Waals surface area contributed by atoms with Crippen LogP contribution < -0.4 is 5.32 Å². The molecule has 0 heterocycles. The Kier molecular flexibility index (Phi) is 9.52. The van der Waals surface area contributed by atoms with Gasteiger partial charge in [0.1, 0.15) is 0 Å². The maximum atomic E-state index is 10.2. The van der Waals surface area contributed by atoms with Gasteiger partial charge in [0.25, 0.3) is 0 Å². The number of hydrogen-bond acceptors (Lipinski definition) is 3. The Hall–Kier alpha value is -0.610. The minimum atomic E-state index is -0.701. The number of carbonyl (C=O) groups is 1. The molecule has 0 aliphatic rings. The summed E-state index contributed by atoms with van der Waals surface area (Å²) in [5.41, 5.74) is 0. The molecule has 2 N–H and O–H groups in total. The van der Waals surface area contributed by atoms with Gasteiger partial charge in [-0.3, -0.25) is 4.79 Å². The van der Waals surface area contributed by atoms with Crippen LogP contribution in [0.5, 0.6) is 0 Å². The van der Waals surface area contributed by atoms with Crippen LogP contribution in [-0.4, -0.2) is 36.9 Å². The Morgan fingerprint density at radius 2 is 2.13 bits per heavy atom. The fourth-order valence-corrected chi connectivity index (χ4v) is 1.35. The van der Waals surface area contributed by atoms with E-state index in [4.69, 9.17) is 9.84 Å². The lowest BCUT2D eigenvalue weighted by Crippen LogP contribution is -2.27. The monoisotopic (exact) mass is 217 g/mol. The van der Waals surface area contributed by atoms with E-state index < -0.39 is 5.97 Å². The van der Waals surface area contributed by atoms with Crippen molar-refractivity contribution in [2.24, 2.45) is 0 Å². The topological polar surface area (TPSA) is 58.6 Å². The summed E-state index contributed by atoms with van der Waals surface area (Å²) in [6.45, 7) is 6.59. The summed E-state index contributed by atoms with van der Waals surface area (Å²) < 4.78 is 5.36. The van der Waals surface area contributed by atoms with Gasteiger partial charge in [0.15, 0.2) is 0 Å². The van der Waals surface area contributed by atoms with Crippen LogP contribution in [0.2, 0.25) is 0 Å². The zero-order chi connectivity index (χ0) is 11.5. The second-order valence-electron chi connectivity index (χ2n) is 3.67. The Morgan fingerprint density at radius 3 is 2.73 bits per heavy atom. The molecule has 1 unspecified atom stereocenters. The third-order valence-corrected chi connectivity index (χ3v) is 2.13. The van der Waals surface area contributed by atoms with Crippen LogP contribution in [0, 0.1) is 0 Å². The van der Waals surface area contributed by atoms with Gasteiger partial charge in [-0.05, 0) is 33.2 Å². The molecule has 4 nitrogen and oxygen atoms in total. The predicted octanol–water partition coefficient (Wildman–Crippen LogP) is 1.65. The first-order valence-electron chi connectivity index (χ1n) is 5.71. The SMILES string of the molecule is CCOC(C)CNCCCCCC(=O)O. The van der Waals surface area contributed by atoms with E-state index in [1.807, 2.05) is 13.8 Å². The van der Waals surface area contributed by atoms with Crippen LogP contribution in [0.25, 0.3) is 0 Å². The minimum Gasteiger partial charge on any atom is -0.481 e. The van der Waals surface area contributed by atoms with E-state index in [-0.39, 0.29) is 12.5 Å². The Balaban J connectivity index is 3.07. The molecule has 0 bridgehead atoms. The normalized spacial score (nSPS) is 12.7. The molecule has 0 aromatic carbocycles. The van der Waals surface area contributed by atoms with Crippen LogP contribution in [-0.2, 0) is 9.53 Å². The molecule has 0 saturated carbocycles.